The number of ether oxygens (including phenoxy) is 3. The van der Waals surface area contributed by atoms with Crippen molar-refractivity contribution in [2.75, 3.05) is 32.4 Å². The molecule has 3 N–H and O–H groups in total. The van der Waals surface area contributed by atoms with Crippen LogP contribution in [0, 0.1) is 10.1 Å². The summed E-state index contributed by atoms with van der Waals surface area (Å²) < 4.78 is 16.8. The molecular weight excluding hydrogens is 434 g/mol. The van der Waals surface area contributed by atoms with Crippen LogP contribution in [0.1, 0.15) is 0 Å². The van der Waals surface area contributed by atoms with Crippen molar-refractivity contribution in [3.63, 3.8) is 0 Å². The lowest BCUT2D eigenvalue weighted by molar-refractivity contribution is -0.384. The van der Waals surface area contributed by atoms with E-state index in [4.69, 9.17) is 19.9 Å². The summed E-state index contributed by atoms with van der Waals surface area (Å²) in [6.45, 7) is 0. The number of non-ortho nitro benzene ring substituents is 1. The number of rotatable bonds is 7. The Morgan fingerprint density at radius 2 is 1.78 bits per heavy atom. The number of fused-ring (bicyclic) bond motifs is 1. The number of anilines is 3. The zero-order valence-corrected chi connectivity index (χ0v) is 18.2. The number of aromatic nitrogens is 2. The van der Waals surface area contributed by atoms with E-state index in [0.717, 1.165) is 5.56 Å². The first-order valence-corrected chi connectivity index (χ1v) is 10.2. The highest BCUT2D eigenvalue weighted by Gasteiger charge is 2.17. The molecule has 0 spiro atoms. The molecule has 2 aromatic heterocycles. The molecule has 0 aliphatic rings. The topological polar surface area (TPSA) is 135 Å². The van der Waals surface area contributed by atoms with Crippen LogP contribution in [0.3, 0.4) is 0 Å². The Kier molecular flexibility index (Phi) is 5.65. The molecule has 2 heterocycles. The fourth-order valence-corrected chi connectivity index (χ4v) is 4.19. The molecule has 0 fully saturated rings. The normalized spacial score (nSPS) is 10.7. The number of nitro groups is 1. The third kappa shape index (κ3) is 3.81. The van der Waals surface area contributed by atoms with Gasteiger partial charge in [0.05, 0.1) is 36.5 Å². The van der Waals surface area contributed by atoms with Crippen molar-refractivity contribution in [3.05, 3.63) is 51.9 Å². The molecule has 11 heteroatoms. The fraction of sp³-hybridized carbons (Fsp3) is 0.143. The van der Waals surface area contributed by atoms with Gasteiger partial charge in [-0.25, -0.2) is 4.98 Å². The highest BCUT2D eigenvalue weighted by atomic mass is 32.1. The number of nitrogens with two attached hydrogens (primary N) is 1. The van der Waals surface area contributed by atoms with Crippen LogP contribution in [0.15, 0.2) is 41.8 Å². The number of nitrogens with zero attached hydrogens (tertiary/aromatic N) is 3. The van der Waals surface area contributed by atoms with Crippen molar-refractivity contribution in [3.8, 4) is 28.4 Å². The van der Waals surface area contributed by atoms with Crippen molar-refractivity contribution in [2.45, 2.75) is 0 Å². The van der Waals surface area contributed by atoms with Gasteiger partial charge in [0.15, 0.2) is 11.5 Å². The van der Waals surface area contributed by atoms with Gasteiger partial charge in [0, 0.05) is 40.9 Å². The minimum atomic E-state index is -0.432. The van der Waals surface area contributed by atoms with E-state index < -0.39 is 4.92 Å². The van der Waals surface area contributed by atoms with Crippen molar-refractivity contribution in [1.82, 2.24) is 9.97 Å². The Morgan fingerprint density at radius 1 is 1.06 bits per heavy atom. The average Bonchev–Trinajstić information content (AvgIpc) is 3.23. The number of hydrogen-bond donors (Lipinski definition) is 2. The monoisotopic (exact) mass is 453 g/mol. The number of nitrogens with one attached hydrogen (secondary N) is 1. The molecule has 4 rings (SSSR count). The zero-order chi connectivity index (χ0) is 22.8. The summed E-state index contributed by atoms with van der Waals surface area (Å²) in [5.41, 5.74) is 8.78. The minimum absolute atomic E-state index is 0.000325. The zero-order valence-electron chi connectivity index (χ0n) is 17.4. The Hall–Kier alpha value is -4.12. The third-order valence-electron chi connectivity index (χ3n) is 4.73. The Labute approximate surface area is 186 Å². The largest absolute Gasteiger partial charge is 0.493 e. The van der Waals surface area contributed by atoms with Gasteiger partial charge in [-0.05, 0) is 5.56 Å². The number of thiophene rings is 1. The van der Waals surface area contributed by atoms with Gasteiger partial charge in [0.25, 0.3) is 5.69 Å². The molecule has 0 amide bonds. The van der Waals surface area contributed by atoms with Crippen LogP contribution in [0.5, 0.6) is 17.2 Å². The maximum Gasteiger partial charge on any atom is 0.270 e. The van der Waals surface area contributed by atoms with Crippen molar-refractivity contribution < 1.29 is 19.1 Å². The average molecular weight is 453 g/mol. The summed E-state index contributed by atoms with van der Waals surface area (Å²) in [5, 5.41) is 16.1. The van der Waals surface area contributed by atoms with E-state index in [9.17, 15) is 10.1 Å². The summed E-state index contributed by atoms with van der Waals surface area (Å²) in [4.78, 5) is 19.7. The van der Waals surface area contributed by atoms with Gasteiger partial charge < -0.3 is 25.3 Å². The van der Waals surface area contributed by atoms with E-state index >= 15 is 0 Å². The van der Waals surface area contributed by atoms with E-state index in [1.807, 2.05) is 5.38 Å². The quantitative estimate of drug-likeness (QED) is 0.303. The van der Waals surface area contributed by atoms with Crippen molar-refractivity contribution in [2.24, 2.45) is 0 Å². The summed E-state index contributed by atoms with van der Waals surface area (Å²) in [6.07, 6.45) is 0. The molecule has 0 aliphatic heterocycles. The van der Waals surface area contributed by atoms with E-state index in [2.05, 4.69) is 15.3 Å². The lowest BCUT2D eigenvalue weighted by Gasteiger charge is -2.14. The van der Waals surface area contributed by atoms with Crippen molar-refractivity contribution >= 4 is 44.7 Å². The summed E-state index contributed by atoms with van der Waals surface area (Å²) in [5.74, 6) is 1.95. The molecular formula is C21H19N5O5S. The van der Waals surface area contributed by atoms with Crippen LogP contribution in [-0.2, 0) is 0 Å². The van der Waals surface area contributed by atoms with E-state index in [0.29, 0.717) is 44.5 Å². The highest BCUT2D eigenvalue weighted by molar-refractivity contribution is 7.18. The molecule has 164 valence electrons. The SMILES string of the molecule is COc1cc(Nc2nc(N)c3scc(-c4cccc([N+](=O)[O-])c4)c3n2)cc(OC)c1OC. The number of methoxy groups -OCH3 is 3. The molecule has 4 aromatic rings. The Bertz CT molecular complexity index is 1300. The second-order valence-corrected chi connectivity index (χ2v) is 7.49. The van der Waals surface area contributed by atoms with Crippen molar-refractivity contribution in [1.29, 1.82) is 0 Å². The molecule has 0 aliphatic carbocycles. The second-order valence-electron chi connectivity index (χ2n) is 6.61. The molecule has 0 radical (unpaired) electrons. The minimum Gasteiger partial charge on any atom is -0.493 e. The molecule has 0 atom stereocenters. The van der Waals surface area contributed by atoms with E-state index in [-0.39, 0.29) is 11.6 Å². The first kappa shape index (κ1) is 21.1. The lowest BCUT2D eigenvalue weighted by atomic mass is 10.1. The standard InChI is InChI=1S/C21H19N5O5S/c1-29-15-8-12(9-16(30-2)18(15)31-3)23-21-24-17-14(10-32-19(17)20(22)25-21)11-5-4-6-13(7-11)26(27)28/h4-10H,1-3H3,(H3,22,23,24,25). The summed E-state index contributed by atoms with van der Waals surface area (Å²) in [6, 6.07) is 9.82. The molecule has 32 heavy (non-hydrogen) atoms. The van der Waals surface area contributed by atoms with Gasteiger partial charge >= 0.3 is 0 Å². The first-order valence-electron chi connectivity index (χ1n) is 9.31. The maximum absolute atomic E-state index is 11.2. The van der Waals surface area contributed by atoms with Gasteiger partial charge in [-0.3, -0.25) is 10.1 Å². The molecule has 0 saturated heterocycles. The van der Waals surface area contributed by atoms with Gasteiger partial charge in [0.1, 0.15) is 5.82 Å². The highest BCUT2D eigenvalue weighted by Crippen LogP contribution is 2.41. The van der Waals surface area contributed by atoms with Crippen LogP contribution < -0.4 is 25.3 Å². The van der Waals surface area contributed by atoms with Crippen LogP contribution in [-0.4, -0.2) is 36.2 Å². The molecule has 10 nitrogen and oxygen atoms in total. The van der Waals surface area contributed by atoms with Crippen LogP contribution >= 0.6 is 11.3 Å². The molecule has 2 aromatic carbocycles. The number of hydrogen-bond acceptors (Lipinski definition) is 10. The summed E-state index contributed by atoms with van der Waals surface area (Å²) >= 11 is 1.38. The van der Waals surface area contributed by atoms with Gasteiger partial charge in [-0.15, -0.1) is 11.3 Å². The summed E-state index contributed by atoms with van der Waals surface area (Å²) in [7, 11) is 4.58. The first-order chi connectivity index (χ1) is 15.4. The van der Waals surface area contributed by atoms with Crippen LogP contribution in [0.25, 0.3) is 21.3 Å². The van der Waals surface area contributed by atoms with Gasteiger partial charge in [-0.1, -0.05) is 12.1 Å². The smallest absolute Gasteiger partial charge is 0.270 e. The maximum atomic E-state index is 11.2. The third-order valence-corrected chi connectivity index (χ3v) is 5.72. The van der Waals surface area contributed by atoms with E-state index in [1.165, 1.54) is 44.8 Å². The Morgan fingerprint density at radius 3 is 2.41 bits per heavy atom. The van der Waals surface area contributed by atoms with Gasteiger partial charge in [0.2, 0.25) is 11.7 Å². The predicted molar refractivity (Wildman–Crippen MR) is 123 cm³/mol. The van der Waals surface area contributed by atoms with Crippen LogP contribution in [0.2, 0.25) is 0 Å². The van der Waals surface area contributed by atoms with Gasteiger partial charge in [-0.2, -0.15) is 4.98 Å². The lowest BCUT2D eigenvalue weighted by Crippen LogP contribution is -2.02. The molecule has 0 unspecified atom stereocenters. The fourth-order valence-electron chi connectivity index (χ4n) is 3.27. The number of benzene rings is 2. The number of nitrogen functional groups attached to an aromatic ring is 1. The predicted octanol–water partition coefficient (Wildman–Crippen LogP) is 4.62. The second kappa shape index (κ2) is 8.55. The molecule has 0 saturated carbocycles. The molecule has 0 bridgehead atoms. The number of nitro benzene ring substituents is 1. The van der Waals surface area contributed by atoms with Crippen LogP contribution in [0.4, 0.5) is 23.1 Å². The Balaban J connectivity index is 1.78. The van der Waals surface area contributed by atoms with E-state index in [1.54, 1.807) is 24.3 Å².